The smallest absolute Gasteiger partial charge is 0.216 e. The molecule has 0 aromatic carbocycles. The monoisotopic (exact) mass is 214 g/mol. The lowest BCUT2D eigenvalue weighted by Crippen LogP contribution is -2.27. The Hall–Kier alpha value is 0.01000. The highest BCUT2D eigenvalue weighted by atomic mass is 35.5. The minimum Gasteiger partial charge on any atom is -0.356 e. The molecule has 12 heavy (non-hydrogen) atoms. The number of amides is 1. The van der Waals surface area contributed by atoms with E-state index in [2.05, 4.69) is 10.6 Å². The van der Waals surface area contributed by atoms with Crippen molar-refractivity contribution >= 4 is 30.7 Å². The zero-order valence-corrected chi connectivity index (χ0v) is 8.76. The summed E-state index contributed by atoms with van der Waals surface area (Å²) >= 11 is 0. The van der Waals surface area contributed by atoms with Gasteiger partial charge in [0.05, 0.1) is 0 Å². The van der Waals surface area contributed by atoms with Gasteiger partial charge in [0, 0.05) is 13.5 Å². The van der Waals surface area contributed by atoms with Gasteiger partial charge in [-0.2, -0.15) is 0 Å². The van der Waals surface area contributed by atoms with Gasteiger partial charge in [0.1, 0.15) is 0 Å². The Bertz CT molecular complexity index is 127. The molecule has 1 atom stereocenters. The maximum atomic E-state index is 10.5. The Morgan fingerprint density at radius 1 is 1.58 bits per heavy atom. The average molecular weight is 215 g/mol. The van der Waals surface area contributed by atoms with Crippen LogP contribution in [-0.2, 0) is 4.79 Å². The Kier molecular flexibility index (Phi) is 9.26. The summed E-state index contributed by atoms with van der Waals surface area (Å²) in [5.41, 5.74) is 0. The molecule has 74 valence electrons. The van der Waals surface area contributed by atoms with Crippen LogP contribution in [0.25, 0.3) is 0 Å². The molecular weight excluding hydrogens is 199 g/mol. The Morgan fingerprint density at radius 3 is 2.67 bits per heavy atom. The van der Waals surface area contributed by atoms with Gasteiger partial charge in [-0.15, -0.1) is 24.8 Å². The molecule has 2 N–H and O–H groups in total. The molecule has 0 spiro atoms. The largest absolute Gasteiger partial charge is 0.356 e. The zero-order chi connectivity index (χ0) is 7.40. The summed E-state index contributed by atoms with van der Waals surface area (Å²) in [7, 11) is 0. The predicted molar refractivity (Wildman–Crippen MR) is 54.2 cm³/mol. The molecule has 0 aromatic heterocycles. The van der Waals surface area contributed by atoms with Crippen molar-refractivity contribution in [2.24, 2.45) is 5.92 Å². The van der Waals surface area contributed by atoms with E-state index in [0.29, 0.717) is 5.92 Å². The number of carbonyl (C=O) groups excluding carboxylic acids is 1. The average Bonchev–Trinajstić information content (AvgIpc) is 2.34. The molecule has 0 aliphatic carbocycles. The van der Waals surface area contributed by atoms with Gasteiger partial charge in [0.2, 0.25) is 5.91 Å². The van der Waals surface area contributed by atoms with Crippen molar-refractivity contribution < 1.29 is 4.79 Å². The lowest BCUT2D eigenvalue weighted by atomic mass is 10.1. The van der Waals surface area contributed by atoms with Gasteiger partial charge in [-0.25, -0.2) is 0 Å². The lowest BCUT2D eigenvalue weighted by molar-refractivity contribution is -0.119. The molecule has 0 radical (unpaired) electrons. The summed E-state index contributed by atoms with van der Waals surface area (Å²) in [6.45, 7) is 4.55. The molecule has 1 aliphatic heterocycles. The van der Waals surface area contributed by atoms with E-state index in [4.69, 9.17) is 0 Å². The Labute approximate surface area is 85.5 Å². The van der Waals surface area contributed by atoms with Crippen molar-refractivity contribution in [1.82, 2.24) is 10.6 Å². The third kappa shape index (κ3) is 5.63. The molecule has 1 aliphatic rings. The van der Waals surface area contributed by atoms with Gasteiger partial charge in [-0.3, -0.25) is 4.79 Å². The maximum Gasteiger partial charge on any atom is 0.216 e. The van der Waals surface area contributed by atoms with Crippen LogP contribution in [0.15, 0.2) is 0 Å². The highest BCUT2D eigenvalue weighted by molar-refractivity contribution is 5.85. The normalized spacial score (nSPS) is 20.6. The molecular formula is C7H16Cl2N2O. The number of nitrogens with one attached hydrogen (secondary N) is 2. The molecule has 0 bridgehead atoms. The fourth-order valence-electron chi connectivity index (χ4n) is 1.18. The molecule has 1 amide bonds. The molecule has 1 rings (SSSR count). The van der Waals surface area contributed by atoms with Crippen molar-refractivity contribution in [2.45, 2.75) is 13.3 Å². The SMILES string of the molecule is CC(=O)NCC1CCNC1.Cl.Cl. The zero-order valence-electron chi connectivity index (χ0n) is 7.13. The first-order chi connectivity index (χ1) is 4.79. The first-order valence-electron chi connectivity index (χ1n) is 3.74. The van der Waals surface area contributed by atoms with Crippen LogP contribution in [0.5, 0.6) is 0 Å². The predicted octanol–water partition coefficient (Wildman–Crippen LogP) is 0.576. The van der Waals surface area contributed by atoms with Crippen LogP contribution in [0.2, 0.25) is 0 Å². The highest BCUT2D eigenvalue weighted by Crippen LogP contribution is 2.04. The van der Waals surface area contributed by atoms with Gasteiger partial charge in [-0.1, -0.05) is 0 Å². The van der Waals surface area contributed by atoms with E-state index in [0.717, 1.165) is 19.6 Å². The van der Waals surface area contributed by atoms with Crippen LogP contribution in [0.3, 0.4) is 0 Å². The summed E-state index contributed by atoms with van der Waals surface area (Å²) in [5, 5.41) is 6.05. The molecule has 5 heteroatoms. The molecule has 3 nitrogen and oxygen atoms in total. The molecule has 1 fully saturated rings. The van der Waals surface area contributed by atoms with Crippen molar-refractivity contribution in [2.75, 3.05) is 19.6 Å². The van der Waals surface area contributed by atoms with Crippen LogP contribution in [0.4, 0.5) is 0 Å². The molecule has 1 saturated heterocycles. The quantitative estimate of drug-likeness (QED) is 0.707. The summed E-state index contributed by atoms with van der Waals surface area (Å²) in [6.07, 6.45) is 1.19. The summed E-state index contributed by atoms with van der Waals surface area (Å²) in [4.78, 5) is 10.5. The second kappa shape index (κ2) is 7.65. The third-order valence-corrected chi connectivity index (χ3v) is 1.80. The first kappa shape index (κ1) is 14.5. The van der Waals surface area contributed by atoms with E-state index in [-0.39, 0.29) is 30.7 Å². The topological polar surface area (TPSA) is 41.1 Å². The molecule has 1 unspecified atom stereocenters. The van der Waals surface area contributed by atoms with E-state index in [9.17, 15) is 4.79 Å². The van der Waals surface area contributed by atoms with E-state index >= 15 is 0 Å². The highest BCUT2D eigenvalue weighted by Gasteiger charge is 2.13. The van der Waals surface area contributed by atoms with Crippen molar-refractivity contribution in [3.8, 4) is 0 Å². The number of hydrogen-bond donors (Lipinski definition) is 2. The number of halogens is 2. The summed E-state index contributed by atoms with van der Waals surface area (Å²) in [5.74, 6) is 0.732. The van der Waals surface area contributed by atoms with Gasteiger partial charge >= 0.3 is 0 Å². The van der Waals surface area contributed by atoms with Crippen LogP contribution < -0.4 is 10.6 Å². The summed E-state index contributed by atoms with van der Waals surface area (Å²) in [6, 6.07) is 0. The van der Waals surface area contributed by atoms with Crippen molar-refractivity contribution in [3.63, 3.8) is 0 Å². The first-order valence-corrected chi connectivity index (χ1v) is 3.74. The third-order valence-electron chi connectivity index (χ3n) is 1.80. The van der Waals surface area contributed by atoms with E-state index in [1.165, 1.54) is 6.42 Å². The number of rotatable bonds is 2. The molecule has 0 aromatic rings. The minimum absolute atomic E-state index is 0. The Balaban J connectivity index is 0. The van der Waals surface area contributed by atoms with Crippen LogP contribution >= 0.6 is 24.8 Å². The van der Waals surface area contributed by atoms with Crippen LogP contribution in [0, 0.1) is 5.92 Å². The number of hydrogen-bond acceptors (Lipinski definition) is 2. The van der Waals surface area contributed by atoms with Gasteiger partial charge in [0.15, 0.2) is 0 Å². The lowest BCUT2D eigenvalue weighted by Gasteiger charge is -2.06. The van der Waals surface area contributed by atoms with Gasteiger partial charge < -0.3 is 10.6 Å². The van der Waals surface area contributed by atoms with Crippen LogP contribution in [0.1, 0.15) is 13.3 Å². The second-order valence-electron chi connectivity index (χ2n) is 2.80. The fourth-order valence-corrected chi connectivity index (χ4v) is 1.18. The number of carbonyl (C=O) groups is 1. The van der Waals surface area contributed by atoms with E-state index in [1.807, 2.05) is 0 Å². The standard InChI is InChI=1S/C7H14N2O.2ClH/c1-6(10)9-5-7-2-3-8-4-7;;/h7-8H,2-5H2,1H3,(H,9,10);2*1H. The van der Waals surface area contributed by atoms with Crippen LogP contribution in [-0.4, -0.2) is 25.5 Å². The van der Waals surface area contributed by atoms with Gasteiger partial charge in [0.25, 0.3) is 0 Å². The van der Waals surface area contributed by atoms with Crippen molar-refractivity contribution in [3.05, 3.63) is 0 Å². The van der Waals surface area contributed by atoms with E-state index < -0.39 is 0 Å². The van der Waals surface area contributed by atoms with Gasteiger partial charge in [-0.05, 0) is 25.4 Å². The van der Waals surface area contributed by atoms with E-state index in [1.54, 1.807) is 6.92 Å². The second-order valence-corrected chi connectivity index (χ2v) is 2.80. The molecule has 1 heterocycles. The maximum absolute atomic E-state index is 10.5. The molecule has 0 saturated carbocycles. The van der Waals surface area contributed by atoms with Crippen molar-refractivity contribution in [1.29, 1.82) is 0 Å². The fraction of sp³-hybridized carbons (Fsp3) is 0.857. The Morgan fingerprint density at radius 2 is 2.25 bits per heavy atom. The minimum atomic E-state index is 0. The summed E-state index contributed by atoms with van der Waals surface area (Å²) < 4.78 is 0.